The standard InChI is InChI=1S/C19H26N2O6S/c1-14-6-8-17(9-7-14)28(24,25)21-18(15(2)22)19(23)20-10-4-11-26-13-16-5-3-12-27-16/h3,5-9,12,15,18,21-22H,4,10-11,13H2,1-2H3,(H,20,23)/t15-,18+/m0/s1. The van der Waals surface area contributed by atoms with E-state index in [4.69, 9.17) is 9.15 Å². The lowest BCUT2D eigenvalue weighted by molar-refractivity contribution is -0.125. The average Bonchev–Trinajstić information content (AvgIpc) is 3.16. The number of amides is 1. The van der Waals surface area contributed by atoms with E-state index in [2.05, 4.69) is 10.0 Å². The van der Waals surface area contributed by atoms with Gasteiger partial charge in [-0.05, 0) is 44.5 Å². The van der Waals surface area contributed by atoms with Crippen molar-refractivity contribution in [2.75, 3.05) is 13.2 Å². The van der Waals surface area contributed by atoms with Crippen molar-refractivity contribution < 1.29 is 27.5 Å². The van der Waals surface area contributed by atoms with Crippen LogP contribution in [-0.4, -0.2) is 44.7 Å². The third-order valence-electron chi connectivity index (χ3n) is 3.97. The number of aryl methyl sites for hydroxylation is 1. The maximum Gasteiger partial charge on any atom is 0.241 e. The number of nitrogens with one attached hydrogen (secondary N) is 2. The number of furan rings is 1. The number of hydrogen-bond acceptors (Lipinski definition) is 6. The van der Waals surface area contributed by atoms with Crippen molar-refractivity contribution in [3.8, 4) is 0 Å². The second-order valence-electron chi connectivity index (χ2n) is 6.43. The topological polar surface area (TPSA) is 118 Å². The molecule has 0 spiro atoms. The van der Waals surface area contributed by atoms with E-state index in [0.29, 0.717) is 25.4 Å². The van der Waals surface area contributed by atoms with Crippen LogP contribution < -0.4 is 10.0 Å². The summed E-state index contributed by atoms with van der Waals surface area (Å²) < 4.78 is 37.7. The predicted molar refractivity (Wildman–Crippen MR) is 103 cm³/mol. The Kier molecular flexibility index (Phi) is 8.18. The number of ether oxygens (including phenoxy) is 1. The highest BCUT2D eigenvalue weighted by atomic mass is 32.2. The van der Waals surface area contributed by atoms with Crippen molar-refractivity contribution in [2.24, 2.45) is 0 Å². The van der Waals surface area contributed by atoms with Gasteiger partial charge in [0, 0.05) is 13.2 Å². The molecule has 0 unspecified atom stereocenters. The summed E-state index contributed by atoms with van der Waals surface area (Å²) in [5.41, 5.74) is 0.915. The summed E-state index contributed by atoms with van der Waals surface area (Å²) in [5, 5.41) is 12.5. The molecule has 28 heavy (non-hydrogen) atoms. The van der Waals surface area contributed by atoms with Crippen LogP contribution in [0.1, 0.15) is 24.7 Å². The van der Waals surface area contributed by atoms with Crippen LogP contribution in [0.2, 0.25) is 0 Å². The quantitative estimate of drug-likeness (QED) is 0.481. The number of aliphatic hydroxyl groups excluding tert-OH is 1. The highest BCUT2D eigenvalue weighted by Gasteiger charge is 2.29. The van der Waals surface area contributed by atoms with Crippen LogP contribution in [-0.2, 0) is 26.2 Å². The summed E-state index contributed by atoms with van der Waals surface area (Å²) in [6.45, 7) is 4.22. The van der Waals surface area contributed by atoms with Crippen molar-refractivity contribution in [3.63, 3.8) is 0 Å². The van der Waals surface area contributed by atoms with E-state index in [1.807, 2.05) is 6.92 Å². The molecule has 0 aliphatic heterocycles. The van der Waals surface area contributed by atoms with Crippen LogP contribution in [0, 0.1) is 6.92 Å². The van der Waals surface area contributed by atoms with E-state index < -0.39 is 28.1 Å². The minimum Gasteiger partial charge on any atom is -0.467 e. The molecule has 1 amide bonds. The summed E-state index contributed by atoms with van der Waals surface area (Å²) in [6, 6.07) is 8.50. The summed E-state index contributed by atoms with van der Waals surface area (Å²) >= 11 is 0. The molecule has 1 heterocycles. The number of aliphatic hydroxyl groups is 1. The maximum atomic E-state index is 12.5. The van der Waals surface area contributed by atoms with E-state index in [1.54, 1.807) is 30.5 Å². The fourth-order valence-corrected chi connectivity index (χ4v) is 3.66. The van der Waals surface area contributed by atoms with Gasteiger partial charge in [0.1, 0.15) is 18.4 Å². The summed E-state index contributed by atoms with van der Waals surface area (Å²) in [6.07, 6.45) is 0.895. The van der Waals surface area contributed by atoms with Crippen molar-refractivity contribution in [1.29, 1.82) is 0 Å². The molecule has 0 saturated heterocycles. The number of hydrogen-bond donors (Lipinski definition) is 3. The summed E-state index contributed by atoms with van der Waals surface area (Å²) in [5.74, 6) is 0.112. The van der Waals surface area contributed by atoms with E-state index >= 15 is 0 Å². The highest BCUT2D eigenvalue weighted by Crippen LogP contribution is 2.11. The van der Waals surface area contributed by atoms with Crippen LogP contribution in [0.25, 0.3) is 0 Å². The maximum absolute atomic E-state index is 12.5. The normalized spacial score (nSPS) is 13.8. The molecule has 2 rings (SSSR count). The molecular formula is C19H26N2O6S. The van der Waals surface area contributed by atoms with E-state index in [9.17, 15) is 18.3 Å². The number of carbonyl (C=O) groups is 1. The van der Waals surface area contributed by atoms with Crippen molar-refractivity contribution in [3.05, 3.63) is 54.0 Å². The lowest BCUT2D eigenvalue weighted by atomic mass is 10.2. The van der Waals surface area contributed by atoms with Gasteiger partial charge in [0.05, 0.1) is 17.3 Å². The lowest BCUT2D eigenvalue weighted by Crippen LogP contribution is -2.52. The van der Waals surface area contributed by atoms with Crippen LogP contribution in [0.5, 0.6) is 0 Å². The summed E-state index contributed by atoms with van der Waals surface area (Å²) in [7, 11) is -3.94. The molecule has 1 aromatic carbocycles. The largest absolute Gasteiger partial charge is 0.467 e. The third kappa shape index (κ3) is 6.75. The van der Waals surface area contributed by atoms with Crippen LogP contribution in [0.3, 0.4) is 0 Å². The van der Waals surface area contributed by atoms with Gasteiger partial charge in [0.25, 0.3) is 0 Å². The molecule has 0 fully saturated rings. The molecule has 2 aromatic rings. The van der Waals surface area contributed by atoms with E-state index in [-0.39, 0.29) is 11.4 Å². The zero-order chi connectivity index (χ0) is 20.6. The molecule has 154 valence electrons. The second-order valence-corrected chi connectivity index (χ2v) is 8.14. The number of carbonyl (C=O) groups excluding carboxylic acids is 1. The first kappa shape index (κ1) is 22.1. The first-order valence-electron chi connectivity index (χ1n) is 8.94. The van der Waals surface area contributed by atoms with E-state index in [1.165, 1.54) is 19.1 Å². The van der Waals surface area contributed by atoms with Gasteiger partial charge in [-0.2, -0.15) is 4.72 Å². The molecule has 0 bridgehead atoms. The molecule has 8 nitrogen and oxygen atoms in total. The lowest BCUT2D eigenvalue weighted by Gasteiger charge is -2.21. The molecule has 0 radical (unpaired) electrons. The Labute approximate surface area is 164 Å². The van der Waals surface area contributed by atoms with Crippen LogP contribution in [0.4, 0.5) is 0 Å². The van der Waals surface area contributed by atoms with E-state index in [0.717, 1.165) is 5.56 Å². The summed E-state index contributed by atoms with van der Waals surface area (Å²) in [4.78, 5) is 12.3. The Bertz CT molecular complexity index is 832. The Morgan fingerprint density at radius 2 is 1.96 bits per heavy atom. The van der Waals surface area contributed by atoms with Gasteiger partial charge in [0.2, 0.25) is 15.9 Å². The Balaban J connectivity index is 1.81. The Hall–Kier alpha value is -2.20. The van der Waals surface area contributed by atoms with Gasteiger partial charge in [-0.3, -0.25) is 4.79 Å². The second kappa shape index (κ2) is 10.4. The molecule has 0 aliphatic carbocycles. The fourth-order valence-electron chi connectivity index (χ4n) is 2.39. The smallest absolute Gasteiger partial charge is 0.241 e. The van der Waals surface area contributed by atoms with Gasteiger partial charge < -0.3 is 19.6 Å². The zero-order valence-electron chi connectivity index (χ0n) is 15.9. The van der Waals surface area contributed by atoms with Gasteiger partial charge in [-0.1, -0.05) is 17.7 Å². The van der Waals surface area contributed by atoms with Gasteiger partial charge >= 0.3 is 0 Å². The van der Waals surface area contributed by atoms with Crippen LogP contribution in [0.15, 0.2) is 52.0 Å². The zero-order valence-corrected chi connectivity index (χ0v) is 16.7. The number of rotatable bonds is 11. The predicted octanol–water partition coefficient (Wildman–Crippen LogP) is 1.34. The first-order chi connectivity index (χ1) is 13.3. The SMILES string of the molecule is Cc1ccc(S(=O)(=O)N[C@@H](C(=O)NCCCOCc2ccco2)[C@H](C)O)cc1. The monoisotopic (exact) mass is 410 g/mol. The Morgan fingerprint density at radius 1 is 1.25 bits per heavy atom. The molecular weight excluding hydrogens is 384 g/mol. The first-order valence-corrected chi connectivity index (χ1v) is 10.4. The number of benzene rings is 1. The molecule has 0 aliphatic rings. The minimum absolute atomic E-state index is 0.0304. The molecule has 2 atom stereocenters. The molecule has 0 saturated carbocycles. The molecule has 3 N–H and O–H groups in total. The molecule has 1 aromatic heterocycles. The van der Waals surface area contributed by atoms with Crippen molar-refractivity contribution >= 4 is 15.9 Å². The van der Waals surface area contributed by atoms with Crippen molar-refractivity contribution in [2.45, 2.75) is 43.9 Å². The van der Waals surface area contributed by atoms with Crippen molar-refractivity contribution in [1.82, 2.24) is 10.0 Å². The van der Waals surface area contributed by atoms with Gasteiger partial charge in [-0.25, -0.2) is 8.42 Å². The number of sulfonamides is 1. The van der Waals surface area contributed by atoms with Gasteiger partial charge in [-0.15, -0.1) is 0 Å². The third-order valence-corrected chi connectivity index (χ3v) is 5.42. The van der Waals surface area contributed by atoms with Crippen LogP contribution >= 0.6 is 0 Å². The fraction of sp³-hybridized carbons (Fsp3) is 0.421. The van der Waals surface area contributed by atoms with Gasteiger partial charge in [0.15, 0.2) is 0 Å². The minimum atomic E-state index is -3.94. The average molecular weight is 410 g/mol. The Morgan fingerprint density at radius 3 is 2.57 bits per heavy atom. The highest BCUT2D eigenvalue weighted by molar-refractivity contribution is 7.89. The molecule has 9 heteroatoms.